The van der Waals surface area contributed by atoms with Crippen molar-refractivity contribution in [3.8, 4) is 11.4 Å². The average molecular weight is 360 g/mol. The summed E-state index contributed by atoms with van der Waals surface area (Å²) in [5.41, 5.74) is 4.99. The number of nitrogens with zero attached hydrogens (tertiary/aromatic N) is 7. The van der Waals surface area contributed by atoms with Crippen LogP contribution in [0.4, 0.5) is 5.82 Å². The zero-order valence-corrected chi connectivity index (χ0v) is 15.5. The molecule has 1 saturated carbocycles. The third kappa shape index (κ3) is 2.64. The topological polar surface area (TPSA) is 85.8 Å². The molecular weight excluding hydrogens is 340 g/mol. The van der Waals surface area contributed by atoms with E-state index in [9.17, 15) is 0 Å². The molecule has 5 rings (SSSR count). The van der Waals surface area contributed by atoms with E-state index in [1.807, 2.05) is 50.1 Å². The fourth-order valence-corrected chi connectivity index (χ4v) is 3.61. The van der Waals surface area contributed by atoms with Crippen LogP contribution in [0.3, 0.4) is 0 Å². The Morgan fingerprint density at radius 3 is 2.74 bits per heavy atom. The van der Waals surface area contributed by atoms with Gasteiger partial charge in [0.1, 0.15) is 11.5 Å². The number of aromatic nitrogens is 7. The number of hydrogen-bond donors (Lipinski definition) is 1. The molecule has 1 aliphatic carbocycles. The van der Waals surface area contributed by atoms with Crippen molar-refractivity contribution in [2.24, 2.45) is 7.05 Å². The van der Waals surface area contributed by atoms with Gasteiger partial charge < -0.3 is 5.32 Å². The van der Waals surface area contributed by atoms with Crippen LogP contribution in [0.25, 0.3) is 17.0 Å². The van der Waals surface area contributed by atoms with Gasteiger partial charge in [0, 0.05) is 26.2 Å². The van der Waals surface area contributed by atoms with Crippen molar-refractivity contribution < 1.29 is 0 Å². The van der Waals surface area contributed by atoms with E-state index in [-0.39, 0.29) is 0 Å². The molecule has 2 unspecified atom stereocenters. The van der Waals surface area contributed by atoms with Crippen molar-refractivity contribution in [1.82, 2.24) is 34.6 Å². The maximum atomic E-state index is 4.75. The second-order valence-electron chi connectivity index (χ2n) is 6.99. The molecule has 4 aromatic heterocycles. The van der Waals surface area contributed by atoms with Crippen molar-refractivity contribution in [3.63, 3.8) is 0 Å². The van der Waals surface area contributed by atoms with E-state index in [4.69, 9.17) is 5.10 Å². The highest BCUT2D eigenvalue weighted by Crippen LogP contribution is 2.54. The third-order valence-electron chi connectivity index (χ3n) is 5.22. The maximum absolute atomic E-state index is 4.75. The standard InChI is InChI=1S/C19H20N8/c1-11-22-23-19-7-5-15(25-27(11)19)17-9-16(24-26(17)3)14-8-13(14)12-4-6-18(20-2)21-10-12/h4-7,9-10,13-14H,8H2,1-3H3,(H,20,21). The molecule has 0 amide bonds. The van der Waals surface area contributed by atoms with Crippen LogP contribution in [0.2, 0.25) is 0 Å². The molecule has 0 saturated heterocycles. The lowest BCUT2D eigenvalue weighted by atomic mass is 10.1. The van der Waals surface area contributed by atoms with Crippen LogP contribution in [0.5, 0.6) is 0 Å². The molecule has 0 aromatic carbocycles. The Hall–Kier alpha value is -3.29. The molecule has 0 bridgehead atoms. The number of nitrogens with one attached hydrogen (secondary N) is 1. The Labute approximate surface area is 156 Å². The molecule has 0 spiro atoms. The van der Waals surface area contributed by atoms with Gasteiger partial charge >= 0.3 is 0 Å². The van der Waals surface area contributed by atoms with E-state index < -0.39 is 0 Å². The fraction of sp³-hybridized carbons (Fsp3) is 0.316. The zero-order valence-electron chi connectivity index (χ0n) is 15.5. The molecule has 2 atom stereocenters. The molecular formula is C19H20N8. The average Bonchev–Trinajstić information content (AvgIpc) is 3.28. The highest BCUT2D eigenvalue weighted by Gasteiger charge is 2.41. The van der Waals surface area contributed by atoms with Crippen molar-refractivity contribution in [2.45, 2.75) is 25.2 Å². The largest absolute Gasteiger partial charge is 0.373 e. The normalized spacial score (nSPS) is 18.8. The van der Waals surface area contributed by atoms with E-state index in [2.05, 4.69) is 37.7 Å². The summed E-state index contributed by atoms with van der Waals surface area (Å²) < 4.78 is 3.66. The summed E-state index contributed by atoms with van der Waals surface area (Å²) >= 11 is 0. The lowest BCUT2D eigenvalue weighted by Crippen LogP contribution is -2.00. The fourth-order valence-electron chi connectivity index (χ4n) is 3.61. The van der Waals surface area contributed by atoms with Crippen LogP contribution in [0.15, 0.2) is 36.5 Å². The highest BCUT2D eigenvalue weighted by molar-refractivity contribution is 5.57. The van der Waals surface area contributed by atoms with Gasteiger partial charge in [-0.05, 0) is 49.1 Å². The highest BCUT2D eigenvalue weighted by atomic mass is 15.4. The first kappa shape index (κ1) is 15.9. The van der Waals surface area contributed by atoms with Crippen molar-refractivity contribution >= 4 is 11.5 Å². The number of fused-ring (bicyclic) bond motifs is 1. The minimum atomic E-state index is 0.438. The molecule has 4 aromatic rings. The predicted octanol–water partition coefficient (Wildman–Crippen LogP) is 2.54. The Balaban J connectivity index is 1.43. The van der Waals surface area contributed by atoms with Gasteiger partial charge in [-0.25, -0.2) is 4.98 Å². The van der Waals surface area contributed by atoms with Crippen LogP contribution in [0.1, 0.15) is 35.3 Å². The first-order chi connectivity index (χ1) is 13.1. The third-order valence-corrected chi connectivity index (χ3v) is 5.22. The van der Waals surface area contributed by atoms with Crippen LogP contribution in [-0.4, -0.2) is 41.6 Å². The summed E-state index contributed by atoms with van der Waals surface area (Å²) in [5.74, 6) is 2.59. The van der Waals surface area contributed by atoms with Gasteiger partial charge in [-0.3, -0.25) is 4.68 Å². The van der Waals surface area contributed by atoms with E-state index in [1.54, 1.807) is 4.52 Å². The molecule has 4 heterocycles. The lowest BCUT2D eigenvalue weighted by Gasteiger charge is -2.01. The van der Waals surface area contributed by atoms with Gasteiger partial charge in [0.25, 0.3) is 0 Å². The van der Waals surface area contributed by atoms with Gasteiger partial charge in [0.2, 0.25) is 0 Å². The van der Waals surface area contributed by atoms with Crippen LogP contribution in [-0.2, 0) is 7.05 Å². The Morgan fingerprint density at radius 2 is 1.96 bits per heavy atom. The molecule has 0 aliphatic heterocycles. The zero-order chi connectivity index (χ0) is 18.5. The molecule has 1 fully saturated rings. The summed E-state index contributed by atoms with van der Waals surface area (Å²) in [6.07, 6.45) is 3.07. The summed E-state index contributed by atoms with van der Waals surface area (Å²) in [6.45, 7) is 1.90. The number of hydrogen-bond acceptors (Lipinski definition) is 6. The number of rotatable bonds is 4. The number of pyridine rings is 1. The van der Waals surface area contributed by atoms with Crippen molar-refractivity contribution in [1.29, 1.82) is 0 Å². The summed E-state index contributed by atoms with van der Waals surface area (Å²) in [7, 11) is 3.84. The smallest absolute Gasteiger partial charge is 0.177 e. The minimum Gasteiger partial charge on any atom is -0.373 e. The molecule has 27 heavy (non-hydrogen) atoms. The summed E-state index contributed by atoms with van der Waals surface area (Å²) in [4.78, 5) is 4.43. The predicted molar refractivity (Wildman–Crippen MR) is 102 cm³/mol. The van der Waals surface area contributed by atoms with Crippen LogP contribution >= 0.6 is 0 Å². The second kappa shape index (κ2) is 5.87. The summed E-state index contributed by atoms with van der Waals surface area (Å²) in [6, 6.07) is 10.2. The van der Waals surface area contributed by atoms with E-state index in [0.29, 0.717) is 11.8 Å². The lowest BCUT2D eigenvalue weighted by molar-refractivity contribution is 0.741. The Bertz CT molecular complexity index is 1120. The molecule has 1 N–H and O–H groups in total. The van der Waals surface area contributed by atoms with Gasteiger partial charge in [0.05, 0.1) is 11.4 Å². The molecule has 0 radical (unpaired) electrons. The molecule has 1 aliphatic rings. The maximum Gasteiger partial charge on any atom is 0.177 e. The van der Waals surface area contributed by atoms with Crippen molar-refractivity contribution in [2.75, 3.05) is 12.4 Å². The quantitative estimate of drug-likeness (QED) is 0.602. The SMILES string of the molecule is CNc1ccc(C2CC2c2cc(-c3ccc4nnc(C)n4n3)n(C)n2)cn1. The summed E-state index contributed by atoms with van der Waals surface area (Å²) in [5, 5.41) is 20.6. The second-order valence-corrected chi connectivity index (χ2v) is 6.99. The Morgan fingerprint density at radius 1 is 1.07 bits per heavy atom. The molecule has 136 valence electrons. The van der Waals surface area contributed by atoms with E-state index in [1.165, 1.54) is 5.56 Å². The van der Waals surface area contributed by atoms with Gasteiger partial charge in [-0.2, -0.15) is 14.7 Å². The number of aryl methyl sites for hydroxylation is 2. The van der Waals surface area contributed by atoms with Gasteiger partial charge in [0.15, 0.2) is 11.5 Å². The molecule has 8 nitrogen and oxygen atoms in total. The van der Waals surface area contributed by atoms with Crippen LogP contribution in [0, 0.1) is 6.92 Å². The van der Waals surface area contributed by atoms with Gasteiger partial charge in [-0.15, -0.1) is 10.2 Å². The van der Waals surface area contributed by atoms with Crippen LogP contribution < -0.4 is 5.32 Å². The minimum absolute atomic E-state index is 0.438. The van der Waals surface area contributed by atoms with E-state index in [0.717, 1.165) is 40.8 Å². The first-order valence-corrected chi connectivity index (χ1v) is 9.01. The monoisotopic (exact) mass is 360 g/mol. The van der Waals surface area contributed by atoms with Gasteiger partial charge in [-0.1, -0.05) is 6.07 Å². The number of anilines is 1. The van der Waals surface area contributed by atoms with E-state index >= 15 is 0 Å². The van der Waals surface area contributed by atoms with Crippen molar-refractivity contribution in [3.05, 3.63) is 53.6 Å². The Kier molecular flexibility index (Phi) is 3.46. The first-order valence-electron chi connectivity index (χ1n) is 9.01. The molecule has 8 heteroatoms.